The number of aromatic nitrogens is 2. The molecule has 0 spiro atoms. The van der Waals surface area contributed by atoms with Crippen molar-refractivity contribution in [3.8, 4) is 11.7 Å². The molecule has 1 unspecified atom stereocenters. The molecule has 0 saturated heterocycles. The average Bonchev–Trinajstić information content (AvgIpc) is 3.21. The van der Waals surface area contributed by atoms with Crippen molar-refractivity contribution in [2.45, 2.75) is 11.8 Å². The average molecular weight is 684 g/mol. The first-order valence-electron chi connectivity index (χ1n) is 13.0. The number of rotatable bonds is 6. The normalized spacial score (nSPS) is 11.6. The highest BCUT2D eigenvalue weighted by Crippen LogP contribution is 2.33. The molecule has 1 amide bonds. The fourth-order valence-corrected chi connectivity index (χ4v) is 6.69. The minimum Gasteiger partial charge on any atom is -0.429 e. The summed E-state index contributed by atoms with van der Waals surface area (Å²) in [6.07, 6.45) is 1.55. The van der Waals surface area contributed by atoms with Crippen LogP contribution in [0.5, 0.6) is 11.7 Å². The molecule has 0 radical (unpaired) electrons. The van der Waals surface area contributed by atoms with Gasteiger partial charge in [-0.2, -0.15) is 4.68 Å². The number of amides is 1. The monoisotopic (exact) mass is 683 g/mol. The van der Waals surface area contributed by atoms with E-state index in [-0.39, 0.29) is 55.9 Å². The van der Waals surface area contributed by atoms with E-state index >= 15 is 0 Å². The van der Waals surface area contributed by atoms with Crippen molar-refractivity contribution < 1.29 is 26.3 Å². The molecular weight excluding hydrogens is 664 g/mol. The molecule has 6 rings (SSSR count). The summed E-state index contributed by atoms with van der Waals surface area (Å²) >= 11 is 12.2. The Balaban J connectivity index is 1.57. The molecule has 2 heterocycles. The third-order valence-electron chi connectivity index (χ3n) is 6.63. The first-order chi connectivity index (χ1) is 21.6. The van der Waals surface area contributed by atoms with Crippen LogP contribution in [0.1, 0.15) is 6.92 Å². The van der Waals surface area contributed by atoms with Crippen molar-refractivity contribution in [1.29, 1.82) is 0 Å². The number of anilines is 1. The van der Waals surface area contributed by atoms with Crippen LogP contribution in [0.2, 0.25) is 10.0 Å². The maximum Gasteiger partial charge on any atom is 0.365 e. The minimum atomic E-state index is -4.76. The highest BCUT2D eigenvalue weighted by atomic mass is 35.5. The van der Waals surface area contributed by atoms with E-state index in [1.54, 1.807) is 30.5 Å². The highest BCUT2D eigenvalue weighted by Gasteiger charge is 2.29. The third kappa shape index (κ3) is 5.65. The van der Waals surface area contributed by atoms with Crippen LogP contribution in [0.3, 0.4) is 0 Å². The van der Waals surface area contributed by atoms with Crippen LogP contribution in [0.4, 0.5) is 5.69 Å². The Morgan fingerprint density at radius 1 is 0.889 bits per heavy atom. The number of carbonyl (C=O) groups excluding carboxylic acids is 1. The lowest BCUT2D eigenvalue weighted by atomic mass is 10.2. The largest absolute Gasteiger partial charge is 0.429 e. The summed E-state index contributed by atoms with van der Waals surface area (Å²) in [6.45, 7) is 1.17. The molecular formula is C30H20Cl2N3O8PS. The molecule has 4 aromatic carbocycles. The van der Waals surface area contributed by atoms with Gasteiger partial charge in [0.25, 0.3) is 15.6 Å². The molecule has 0 N–H and O–H groups in total. The highest BCUT2D eigenvalue weighted by molar-refractivity contribution is 7.90. The number of halogens is 2. The summed E-state index contributed by atoms with van der Waals surface area (Å²) < 4.78 is 45.4. The molecule has 0 aliphatic carbocycles. The molecule has 2 aromatic heterocycles. The van der Waals surface area contributed by atoms with Crippen LogP contribution >= 0.6 is 31.9 Å². The van der Waals surface area contributed by atoms with Gasteiger partial charge >= 0.3 is 11.6 Å². The molecule has 0 aliphatic heterocycles. The van der Waals surface area contributed by atoms with Crippen LogP contribution in [-0.2, 0) is 14.8 Å². The fourth-order valence-electron chi connectivity index (χ4n) is 4.65. The van der Waals surface area contributed by atoms with E-state index in [9.17, 15) is 22.8 Å². The molecule has 0 aliphatic rings. The number of carbonyl (C=O) groups is 1. The smallest absolute Gasteiger partial charge is 0.365 e. The Kier molecular flexibility index (Phi) is 8.07. The lowest BCUT2D eigenvalue weighted by molar-refractivity contribution is -0.117. The quantitative estimate of drug-likeness (QED) is 0.187. The van der Waals surface area contributed by atoms with Gasteiger partial charge in [0.05, 0.1) is 26.9 Å². The van der Waals surface area contributed by atoms with Crippen LogP contribution in [-0.4, -0.2) is 23.0 Å². The zero-order valence-corrected chi connectivity index (χ0v) is 26.3. The molecule has 6 aromatic rings. The maximum absolute atomic E-state index is 14.1. The van der Waals surface area contributed by atoms with Gasteiger partial charge in [0, 0.05) is 28.4 Å². The summed E-state index contributed by atoms with van der Waals surface area (Å²) in [4.78, 5) is 40.6. The summed E-state index contributed by atoms with van der Waals surface area (Å²) in [7, 11) is -5.14. The van der Waals surface area contributed by atoms with E-state index in [1.165, 1.54) is 49.4 Å². The van der Waals surface area contributed by atoms with Gasteiger partial charge in [0.2, 0.25) is 14.6 Å². The van der Waals surface area contributed by atoms with Crippen LogP contribution in [0.15, 0.2) is 120 Å². The SMILES string of the molecule is CC(=O)N(c1cccc(Oc2o[pH]occ3ccccc23)c1)n1c(=O)n(S(=O)(=O)c2ccc(Cl)cc2)c(=O)c2ccc(Cl)cc21. The van der Waals surface area contributed by atoms with E-state index in [0.29, 0.717) is 5.39 Å². The van der Waals surface area contributed by atoms with Crippen molar-refractivity contribution >= 4 is 75.2 Å². The number of hydrogen-bond acceptors (Lipinski definition) is 8. The van der Waals surface area contributed by atoms with Gasteiger partial charge in [-0.05, 0) is 60.7 Å². The van der Waals surface area contributed by atoms with E-state index in [0.717, 1.165) is 27.2 Å². The van der Waals surface area contributed by atoms with Gasteiger partial charge in [-0.1, -0.05) is 47.5 Å². The second-order valence-electron chi connectivity index (χ2n) is 9.51. The zero-order valence-electron chi connectivity index (χ0n) is 23.0. The molecule has 0 fully saturated rings. The van der Waals surface area contributed by atoms with E-state index in [2.05, 4.69) is 0 Å². The third-order valence-corrected chi connectivity index (χ3v) is 9.27. The lowest BCUT2D eigenvalue weighted by Crippen LogP contribution is -2.51. The van der Waals surface area contributed by atoms with E-state index in [1.807, 2.05) is 12.1 Å². The molecule has 15 heteroatoms. The van der Waals surface area contributed by atoms with Crippen LogP contribution in [0.25, 0.3) is 21.7 Å². The van der Waals surface area contributed by atoms with Gasteiger partial charge < -0.3 is 13.1 Å². The Morgan fingerprint density at radius 2 is 1.62 bits per heavy atom. The minimum absolute atomic E-state index is 0.102. The van der Waals surface area contributed by atoms with Crippen molar-refractivity contribution in [3.63, 3.8) is 0 Å². The summed E-state index contributed by atoms with van der Waals surface area (Å²) in [5.74, 6) is -0.341. The topological polar surface area (TPSA) is 134 Å². The van der Waals surface area contributed by atoms with Gasteiger partial charge in [0.1, 0.15) is 12.0 Å². The van der Waals surface area contributed by atoms with Crippen molar-refractivity contribution in [2.75, 3.05) is 5.01 Å². The van der Waals surface area contributed by atoms with Crippen molar-refractivity contribution in [2.24, 2.45) is 0 Å². The number of benzene rings is 4. The summed E-state index contributed by atoms with van der Waals surface area (Å²) in [6, 6.07) is 22.2. The van der Waals surface area contributed by atoms with E-state index in [4.69, 9.17) is 36.3 Å². The van der Waals surface area contributed by atoms with Gasteiger partial charge in [-0.25, -0.2) is 18.2 Å². The molecule has 1 atom stereocenters. The van der Waals surface area contributed by atoms with Gasteiger partial charge in [-0.3, -0.25) is 9.59 Å². The molecule has 45 heavy (non-hydrogen) atoms. The van der Waals surface area contributed by atoms with Gasteiger partial charge in [-0.15, -0.1) is 3.97 Å². The standard InChI is InChI=1S/C30H20Cl2N3O8PS/c1-18(36)33(22-6-4-7-23(16-22)42-29-25-8-3-2-5-19(25)17-41-44-43-29)34-27-15-21(32)11-14-26(27)28(37)35(30(34)38)45(39,40)24-12-9-20(31)10-13-24/h2-17,44H,1H3. The fraction of sp³-hybridized carbons (Fsp3) is 0.0333. The lowest BCUT2D eigenvalue weighted by Gasteiger charge is -2.26. The van der Waals surface area contributed by atoms with Gasteiger partial charge in [0.15, 0.2) is 0 Å². The number of fused-ring (bicyclic) bond motifs is 2. The molecule has 0 saturated carbocycles. The Morgan fingerprint density at radius 3 is 2.38 bits per heavy atom. The Hall–Kier alpha value is -4.74. The van der Waals surface area contributed by atoms with Crippen molar-refractivity contribution in [1.82, 2.24) is 8.65 Å². The Labute approximate surface area is 266 Å². The predicted molar refractivity (Wildman–Crippen MR) is 172 cm³/mol. The molecule has 228 valence electrons. The zero-order chi connectivity index (χ0) is 31.9. The molecule has 11 nitrogen and oxygen atoms in total. The van der Waals surface area contributed by atoms with Crippen LogP contribution < -0.4 is 21.0 Å². The summed E-state index contributed by atoms with van der Waals surface area (Å²) in [5.41, 5.74) is -2.47. The number of ether oxygens (including phenoxy) is 1. The van der Waals surface area contributed by atoms with Crippen LogP contribution in [0, 0.1) is 0 Å². The second-order valence-corrected chi connectivity index (χ2v) is 12.8. The van der Waals surface area contributed by atoms with Crippen molar-refractivity contribution in [3.05, 3.63) is 128 Å². The molecule has 0 bridgehead atoms. The Bertz CT molecular complexity index is 2390. The van der Waals surface area contributed by atoms with E-state index < -0.39 is 27.2 Å². The number of nitrogens with zero attached hydrogens (tertiary/aromatic N) is 3. The summed E-state index contributed by atoms with van der Waals surface area (Å²) in [5, 5.41) is 2.46. The number of hydrogen-bond donors (Lipinski definition) is 0. The second kappa shape index (κ2) is 12.0. The maximum atomic E-state index is 14.1. The first-order valence-corrected chi connectivity index (χ1v) is 16.0. The predicted octanol–water partition coefficient (Wildman–Crippen LogP) is 6.81. The first kappa shape index (κ1) is 30.3.